The van der Waals surface area contributed by atoms with Gasteiger partial charge in [0.2, 0.25) is 0 Å². The Kier molecular flexibility index (Phi) is 3.87. The van der Waals surface area contributed by atoms with Crippen molar-refractivity contribution in [3.8, 4) is 0 Å². The summed E-state index contributed by atoms with van der Waals surface area (Å²) in [5, 5.41) is 7.62. The molecule has 18 heavy (non-hydrogen) atoms. The maximum absolute atomic E-state index is 12.5. The first-order chi connectivity index (χ1) is 7.57. The first-order valence-corrected chi connectivity index (χ1v) is 3.55. The fraction of sp³-hybridized carbons (Fsp3) is 0.667. The van der Waals surface area contributed by atoms with Crippen molar-refractivity contribution in [3.63, 3.8) is 0 Å². The highest BCUT2D eigenvalue weighted by molar-refractivity contribution is 5.24. The number of alkyl halides is 10. The van der Waals surface area contributed by atoms with Crippen LogP contribution < -0.4 is 0 Å². The topological polar surface area (TPSA) is 20.2 Å². The quantitative estimate of drug-likeness (QED) is 0.600. The van der Waals surface area contributed by atoms with Gasteiger partial charge in [-0.05, 0) is 0 Å². The fourth-order valence-corrected chi connectivity index (χ4v) is 0.760. The van der Waals surface area contributed by atoms with Crippen LogP contribution in [0.5, 0.6) is 0 Å². The number of aliphatic hydroxyl groups is 1. The maximum atomic E-state index is 12.5. The summed E-state index contributed by atoms with van der Waals surface area (Å²) in [6.07, 6.45) is -13.7. The average Bonchev–Trinajstić information content (AvgIpc) is 1.95. The summed E-state index contributed by atoms with van der Waals surface area (Å²) in [5.41, 5.74) is -4.31. The molecule has 0 aliphatic heterocycles. The zero-order valence-corrected chi connectivity index (χ0v) is 7.60. The molecule has 0 aliphatic carbocycles. The van der Waals surface area contributed by atoms with Crippen molar-refractivity contribution in [2.45, 2.75) is 24.2 Å². The number of allylic oxidation sites excluding steroid dienone is 1. The summed E-state index contributed by atoms with van der Waals surface area (Å²) in [4.78, 5) is 0. The number of hydrogen-bond acceptors (Lipinski definition) is 1. The van der Waals surface area contributed by atoms with Gasteiger partial charge in [-0.3, -0.25) is 0 Å². The molecule has 1 N–H and O–H groups in total. The van der Waals surface area contributed by atoms with Crippen molar-refractivity contribution >= 4 is 0 Å². The van der Waals surface area contributed by atoms with Crippen LogP contribution in [0, 0.1) is 0 Å². The van der Waals surface area contributed by atoms with Crippen LogP contribution >= 0.6 is 0 Å². The van der Waals surface area contributed by atoms with E-state index >= 15 is 0 Å². The minimum absolute atomic E-state index is 3.88. The van der Waals surface area contributed by atoms with Crippen molar-refractivity contribution in [1.82, 2.24) is 0 Å². The Balaban J connectivity index is 6.01. The van der Waals surface area contributed by atoms with Gasteiger partial charge in [0, 0.05) is 0 Å². The Morgan fingerprint density at radius 2 is 1.06 bits per heavy atom. The van der Waals surface area contributed by atoms with Gasteiger partial charge in [-0.15, -0.1) is 0 Å². The average molecular weight is 298 g/mol. The second-order valence-corrected chi connectivity index (χ2v) is 2.81. The van der Waals surface area contributed by atoms with Gasteiger partial charge >= 0.3 is 24.2 Å². The molecule has 0 spiro atoms. The first kappa shape index (κ1) is 16.8. The lowest BCUT2D eigenvalue weighted by Crippen LogP contribution is -2.55. The highest BCUT2D eigenvalue weighted by Crippen LogP contribution is 2.53. The Morgan fingerprint density at radius 1 is 0.722 bits per heavy atom. The monoisotopic (exact) mass is 298 g/mol. The van der Waals surface area contributed by atoms with Crippen LogP contribution in [0.1, 0.15) is 0 Å². The van der Waals surface area contributed by atoms with Gasteiger partial charge in [-0.2, -0.15) is 48.3 Å². The zero-order chi connectivity index (χ0) is 15.2. The minimum Gasteiger partial charge on any atom is -0.486 e. The molecule has 108 valence electrons. The molecule has 0 fully saturated rings. The standard InChI is InChI=1S/C6HF11O/c7-2(18)1(4(10,11)12)3(8,9)5(13,14)6(15,16)17/h18H. The van der Waals surface area contributed by atoms with Gasteiger partial charge in [-0.1, -0.05) is 0 Å². The van der Waals surface area contributed by atoms with Crippen LogP contribution in [0.15, 0.2) is 11.6 Å². The summed E-state index contributed by atoms with van der Waals surface area (Å²) >= 11 is 0. The number of halogens is 11. The lowest BCUT2D eigenvalue weighted by Gasteiger charge is -2.30. The van der Waals surface area contributed by atoms with E-state index in [0.717, 1.165) is 0 Å². The van der Waals surface area contributed by atoms with Gasteiger partial charge in [0.25, 0.3) is 6.01 Å². The molecule has 1 nitrogen and oxygen atoms in total. The number of aliphatic hydroxyl groups excluding tert-OH is 1. The lowest BCUT2D eigenvalue weighted by molar-refractivity contribution is -0.351. The summed E-state index contributed by atoms with van der Waals surface area (Å²) in [7, 11) is 0. The van der Waals surface area contributed by atoms with Crippen LogP contribution in [0.2, 0.25) is 0 Å². The van der Waals surface area contributed by atoms with E-state index in [1.165, 1.54) is 0 Å². The minimum atomic E-state index is -7.22. The van der Waals surface area contributed by atoms with Crippen LogP contribution in [-0.2, 0) is 0 Å². The fourth-order valence-electron chi connectivity index (χ4n) is 0.760. The second kappa shape index (κ2) is 4.16. The molecule has 0 rings (SSSR count). The smallest absolute Gasteiger partial charge is 0.460 e. The van der Waals surface area contributed by atoms with E-state index in [-0.39, 0.29) is 0 Å². The molecule has 12 heteroatoms. The van der Waals surface area contributed by atoms with E-state index in [1.54, 1.807) is 0 Å². The highest BCUT2D eigenvalue weighted by atomic mass is 19.4. The van der Waals surface area contributed by atoms with Crippen LogP contribution in [0.4, 0.5) is 48.3 Å². The van der Waals surface area contributed by atoms with Gasteiger partial charge in [0.1, 0.15) is 0 Å². The molecule has 0 atom stereocenters. The summed E-state index contributed by atoms with van der Waals surface area (Å²) in [5.74, 6) is -14.2. The van der Waals surface area contributed by atoms with Crippen LogP contribution in [0.3, 0.4) is 0 Å². The van der Waals surface area contributed by atoms with E-state index in [0.29, 0.717) is 0 Å². The molecule has 0 aromatic heterocycles. The van der Waals surface area contributed by atoms with Crippen LogP contribution in [0.25, 0.3) is 0 Å². The predicted octanol–water partition coefficient (Wildman–Crippen LogP) is 4.12. The third kappa shape index (κ3) is 2.61. The normalized spacial score (nSPS) is 16.6. The van der Waals surface area contributed by atoms with E-state index in [2.05, 4.69) is 0 Å². The Bertz CT molecular complexity index is 342. The van der Waals surface area contributed by atoms with Crippen molar-refractivity contribution in [3.05, 3.63) is 11.6 Å². The van der Waals surface area contributed by atoms with E-state index in [1.807, 2.05) is 0 Å². The second-order valence-electron chi connectivity index (χ2n) is 2.81. The Morgan fingerprint density at radius 3 is 1.22 bits per heavy atom. The molecular weight excluding hydrogens is 297 g/mol. The lowest BCUT2D eigenvalue weighted by atomic mass is 10.0. The van der Waals surface area contributed by atoms with Gasteiger partial charge in [0.15, 0.2) is 5.57 Å². The maximum Gasteiger partial charge on any atom is 0.460 e. The van der Waals surface area contributed by atoms with Crippen molar-refractivity contribution in [1.29, 1.82) is 0 Å². The van der Waals surface area contributed by atoms with E-state index in [9.17, 15) is 48.3 Å². The molecule has 0 unspecified atom stereocenters. The Hall–Kier alpha value is -1.23. The molecule has 0 aliphatic rings. The molecule has 0 heterocycles. The van der Waals surface area contributed by atoms with Gasteiger partial charge < -0.3 is 5.11 Å². The third-order valence-corrected chi connectivity index (χ3v) is 1.55. The van der Waals surface area contributed by atoms with Crippen molar-refractivity contribution in [2.75, 3.05) is 0 Å². The van der Waals surface area contributed by atoms with Crippen molar-refractivity contribution < 1.29 is 53.4 Å². The number of hydrogen-bond donors (Lipinski definition) is 1. The molecule has 0 saturated carbocycles. The Labute approximate surface area is 90.5 Å². The summed E-state index contributed by atoms with van der Waals surface area (Å²) < 4.78 is 131. The van der Waals surface area contributed by atoms with Gasteiger partial charge in [-0.25, -0.2) is 0 Å². The molecule has 0 radical (unpaired) electrons. The largest absolute Gasteiger partial charge is 0.486 e. The summed E-state index contributed by atoms with van der Waals surface area (Å²) in [6, 6.07) is -3.88. The van der Waals surface area contributed by atoms with E-state index in [4.69, 9.17) is 5.11 Å². The first-order valence-electron chi connectivity index (χ1n) is 3.55. The molecule has 0 saturated heterocycles. The van der Waals surface area contributed by atoms with Crippen molar-refractivity contribution in [2.24, 2.45) is 0 Å². The van der Waals surface area contributed by atoms with E-state index < -0.39 is 35.8 Å². The highest BCUT2D eigenvalue weighted by Gasteiger charge is 2.78. The summed E-state index contributed by atoms with van der Waals surface area (Å²) in [6.45, 7) is 0. The SMILES string of the molecule is OC(F)=C(C(F)(F)F)C(F)(F)C(F)(F)C(F)(F)F. The predicted molar refractivity (Wildman–Crippen MR) is 32.8 cm³/mol. The molecule has 0 bridgehead atoms. The molecular formula is C6HF11O. The zero-order valence-electron chi connectivity index (χ0n) is 7.60. The third-order valence-electron chi connectivity index (χ3n) is 1.55. The number of rotatable bonds is 2. The van der Waals surface area contributed by atoms with Gasteiger partial charge in [0.05, 0.1) is 0 Å². The van der Waals surface area contributed by atoms with Crippen LogP contribution in [-0.4, -0.2) is 29.3 Å². The molecule has 0 amide bonds. The molecule has 0 aromatic carbocycles. The molecule has 0 aromatic rings.